The maximum atomic E-state index is 13.6. The number of nitrogens with one attached hydrogen (secondary N) is 1. The molecule has 0 aliphatic carbocycles. The Bertz CT molecular complexity index is 699. The minimum atomic E-state index is -0.412. The highest BCUT2D eigenvalue weighted by atomic mass is 19.1. The summed E-state index contributed by atoms with van der Waals surface area (Å²) in [5.74, 6) is -0.607. The van der Waals surface area contributed by atoms with Gasteiger partial charge in [-0.3, -0.25) is 4.79 Å². The standard InChI is InChI=1S/C18H19FN2O/c1-13-8-9-17-14(11-13)5-4-10-21(17)12-18(22)20-16-7-3-2-6-15(16)19/h2-3,6-9,11H,4-5,10,12H2,1H3,(H,20,22). The van der Waals surface area contributed by atoms with Gasteiger partial charge in [-0.1, -0.05) is 29.8 Å². The average molecular weight is 298 g/mol. The van der Waals surface area contributed by atoms with E-state index in [2.05, 4.69) is 35.3 Å². The molecule has 1 N–H and O–H groups in total. The Morgan fingerprint density at radius 2 is 2.09 bits per heavy atom. The second-order valence-corrected chi connectivity index (χ2v) is 5.69. The van der Waals surface area contributed by atoms with E-state index in [4.69, 9.17) is 0 Å². The number of carbonyl (C=O) groups is 1. The van der Waals surface area contributed by atoms with Crippen molar-refractivity contribution in [2.45, 2.75) is 19.8 Å². The Labute approximate surface area is 129 Å². The largest absolute Gasteiger partial charge is 0.362 e. The zero-order chi connectivity index (χ0) is 15.5. The number of rotatable bonds is 3. The number of para-hydroxylation sites is 1. The van der Waals surface area contributed by atoms with Gasteiger partial charge < -0.3 is 10.2 Å². The third-order valence-electron chi connectivity index (χ3n) is 3.93. The molecular weight excluding hydrogens is 279 g/mol. The van der Waals surface area contributed by atoms with Crippen molar-refractivity contribution in [3.8, 4) is 0 Å². The van der Waals surface area contributed by atoms with Crippen molar-refractivity contribution in [1.29, 1.82) is 0 Å². The van der Waals surface area contributed by atoms with Crippen LogP contribution in [0.3, 0.4) is 0 Å². The van der Waals surface area contributed by atoms with E-state index >= 15 is 0 Å². The highest BCUT2D eigenvalue weighted by Crippen LogP contribution is 2.27. The average Bonchev–Trinajstić information content (AvgIpc) is 2.49. The molecule has 2 aromatic carbocycles. The van der Waals surface area contributed by atoms with Gasteiger partial charge in [-0.25, -0.2) is 4.39 Å². The minimum Gasteiger partial charge on any atom is -0.362 e. The zero-order valence-corrected chi connectivity index (χ0v) is 12.6. The van der Waals surface area contributed by atoms with Gasteiger partial charge in [0.25, 0.3) is 0 Å². The lowest BCUT2D eigenvalue weighted by Crippen LogP contribution is -2.36. The highest BCUT2D eigenvalue weighted by Gasteiger charge is 2.19. The van der Waals surface area contributed by atoms with Gasteiger partial charge in [-0.15, -0.1) is 0 Å². The summed E-state index contributed by atoms with van der Waals surface area (Å²) < 4.78 is 13.6. The molecule has 3 rings (SSSR count). The molecule has 1 amide bonds. The van der Waals surface area contributed by atoms with Gasteiger partial charge in [0.15, 0.2) is 0 Å². The molecule has 114 valence electrons. The SMILES string of the molecule is Cc1ccc2c(c1)CCCN2CC(=O)Nc1ccccc1F. The van der Waals surface area contributed by atoms with E-state index in [1.165, 1.54) is 17.2 Å². The van der Waals surface area contributed by atoms with Gasteiger partial charge in [0.05, 0.1) is 12.2 Å². The lowest BCUT2D eigenvalue weighted by atomic mass is 9.99. The summed E-state index contributed by atoms with van der Waals surface area (Å²) in [6, 6.07) is 12.5. The summed E-state index contributed by atoms with van der Waals surface area (Å²) in [5, 5.41) is 2.64. The number of hydrogen-bond donors (Lipinski definition) is 1. The number of anilines is 2. The summed E-state index contributed by atoms with van der Waals surface area (Å²) in [7, 11) is 0. The summed E-state index contributed by atoms with van der Waals surface area (Å²) in [4.78, 5) is 14.3. The van der Waals surface area contributed by atoms with Gasteiger partial charge in [-0.2, -0.15) is 0 Å². The lowest BCUT2D eigenvalue weighted by Gasteiger charge is -2.31. The normalized spacial score (nSPS) is 13.6. The van der Waals surface area contributed by atoms with E-state index < -0.39 is 5.82 Å². The molecule has 2 aromatic rings. The van der Waals surface area contributed by atoms with Crippen LogP contribution in [-0.4, -0.2) is 19.0 Å². The Morgan fingerprint density at radius 1 is 1.27 bits per heavy atom. The Morgan fingerprint density at radius 3 is 2.91 bits per heavy atom. The fraction of sp³-hybridized carbons (Fsp3) is 0.278. The molecule has 0 aromatic heterocycles. The number of carbonyl (C=O) groups excluding carboxylic acids is 1. The summed E-state index contributed by atoms with van der Waals surface area (Å²) in [6.07, 6.45) is 2.08. The molecule has 0 saturated heterocycles. The molecule has 0 unspecified atom stereocenters. The second-order valence-electron chi connectivity index (χ2n) is 5.69. The van der Waals surface area contributed by atoms with Crippen molar-refractivity contribution in [2.75, 3.05) is 23.3 Å². The molecule has 0 spiro atoms. The van der Waals surface area contributed by atoms with Gasteiger partial charge in [-0.05, 0) is 43.5 Å². The quantitative estimate of drug-likeness (QED) is 0.940. The van der Waals surface area contributed by atoms with Crippen LogP contribution in [0.25, 0.3) is 0 Å². The van der Waals surface area contributed by atoms with Crippen LogP contribution >= 0.6 is 0 Å². The monoisotopic (exact) mass is 298 g/mol. The molecule has 0 fully saturated rings. The first kappa shape index (κ1) is 14.6. The fourth-order valence-electron chi connectivity index (χ4n) is 2.89. The number of hydrogen-bond acceptors (Lipinski definition) is 2. The predicted octanol–water partition coefficient (Wildman–Crippen LogP) is 3.53. The topological polar surface area (TPSA) is 32.3 Å². The molecule has 3 nitrogen and oxygen atoms in total. The first-order valence-corrected chi connectivity index (χ1v) is 7.52. The molecule has 0 bridgehead atoms. The molecule has 22 heavy (non-hydrogen) atoms. The molecule has 0 radical (unpaired) electrons. The van der Waals surface area contributed by atoms with Crippen molar-refractivity contribution < 1.29 is 9.18 Å². The molecule has 0 atom stereocenters. The Kier molecular flexibility index (Phi) is 4.09. The number of nitrogens with zero attached hydrogens (tertiary/aromatic N) is 1. The first-order chi connectivity index (χ1) is 10.6. The van der Waals surface area contributed by atoms with Crippen LogP contribution in [0.15, 0.2) is 42.5 Å². The lowest BCUT2D eigenvalue weighted by molar-refractivity contribution is -0.115. The van der Waals surface area contributed by atoms with E-state index in [0.29, 0.717) is 0 Å². The predicted molar refractivity (Wildman–Crippen MR) is 86.7 cm³/mol. The fourth-order valence-corrected chi connectivity index (χ4v) is 2.89. The van der Waals surface area contributed by atoms with E-state index in [9.17, 15) is 9.18 Å². The van der Waals surface area contributed by atoms with E-state index in [1.54, 1.807) is 18.2 Å². The van der Waals surface area contributed by atoms with Crippen molar-refractivity contribution in [3.05, 3.63) is 59.4 Å². The highest BCUT2D eigenvalue weighted by molar-refractivity contribution is 5.94. The third kappa shape index (κ3) is 3.11. The molecule has 1 heterocycles. The van der Waals surface area contributed by atoms with Crippen LogP contribution in [0, 0.1) is 12.7 Å². The Hall–Kier alpha value is -2.36. The van der Waals surface area contributed by atoms with Crippen LogP contribution < -0.4 is 10.2 Å². The van der Waals surface area contributed by atoms with Gasteiger partial charge in [0.2, 0.25) is 5.91 Å². The van der Waals surface area contributed by atoms with Crippen molar-refractivity contribution in [2.24, 2.45) is 0 Å². The summed E-state index contributed by atoms with van der Waals surface area (Å²) in [6.45, 7) is 3.16. The smallest absolute Gasteiger partial charge is 0.243 e. The van der Waals surface area contributed by atoms with Gasteiger partial charge in [0.1, 0.15) is 5.82 Å². The Balaban J connectivity index is 1.72. The summed E-state index contributed by atoms with van der Waals surface area (Å²) >= 11 is 0. The van der Waals surface area contributed by atoms with Crippen molar-refractivity contribution in [1.82, 2.24) is 0 Å². The van der Waals surface area contributed by atoms with Crippen LogP contribution in [0.2, 0.25) is 0 Å². The molecule has 0 saturated carbocycles. The van der Waals surface area contributed by atoms with E-state index in [0.717, 1.165) is 25.1 Å². The van der Waals surface area contributed by atoms with Crippen LogP contribution in [0.5, 0.6) is 0 Å². The zero-order valence-electron chi connectivity index (χ0n) is 12.6. The first-order valence-electron chi connectivity index (χ1n) is 7.52. The van der Waals surface area contributed by atoms with Crippen LogP contribution in [-0.2, 0) is 11.2 Å². The number of fused-ring (bicyclic) bond motifs is 1. The van der Waals surface area contributed by atoms with Crippen molar-refractivity contribution >= 4 is 17.3 Å². The molecular formula is C18H19FN2O. The number of aryl methyl sites for hydroxylation is 2. The van der Waals surface area contributed by atoms with E-state index in [1.807, 2.05) is 0 Å². The molecule has 1 aliphatic rings. The number of benzene rings is 2. The van der Waals surface area contributed by atoms with Gasteiger partial charge >= 0.3 is 0 Å². The van der Waals surface area contributed by atoms with Crippen LogP contribution in [0.1, 0.15) is 17.5 Å². The van der Waals surface area contributed by atoms with E-state index in [-0.39, 0.29) is 18.1 Å². The summed E-state index contributed by atoms with van der Waals surface area (Å²) in [5.41, 5.74) is 3.86. The second kappa shape index (κ2) is 6.18. The number of amides is 1. The number of halogens is 1. The molecule has 4 heteroatoms. The maximum absolute atomic E-state index is 13.6. The van der Waals surface area contributed by atoms with Crippen LogP contribution in [0.4, 0.5) is 15.8 Å². The minimum absolute atomic E-state index is 0.196. The third-order valence-corrected chi connectivity index (χ3v) is 3.93. The maximum Gasteiger partial charge on any atom is 0.243 e. The van der Waals surface area contributed by atoms with Crippen molar-refractivity contribution in [3.63, 3.8) is 0 Å². The molecule has 1 aliphatic heterocycles. The van der Waals surface area contributed by atoms with Gasteiger partial charge in [0, 0.05) is 12.2 Å².